The summed E-state index contributed by atoms with van der Waals surface area (Å²) in [5, 5.41) is 12.1. The lowest BCUT2D eigenvalue weighted by Crippen LogP contribution is -2.49. The number of nitriles is 1. The average molecular weight is 216 g/mol. The van der Waals surface area contributed by atoms with Crippen LogP contribution in [0.25, 0.3) is 0 Å². The Hall–Kier alpha value is -1.93. The van der Waals surface area contributed by atoms with Crippen LogP contribution in [-0.2, 0) is 4.79 Å². The van der Waals surface area contributed by atoms with E-state index in [0.29, 0.717) is 18.8 Å². The average Bonchev–Trinajstić information content (AvgIpc) is 2.34. The molecular weight excluding hydrogens is 204 g/mol. The maximum atomic E-state index is 11.7. The molecule has 16 heavy (non-hydrogen) atoms. The number of rotatable bonds is 2. The second-order valence-corrected chi connectivity index (χ2v) is 3.55. The predicted molar refractivity (Wildman–Crippen MR) is 57.2 cm³/mol. The van der Waals surface area contributed by atoms with E-state index in [1.165, 1.54) is 0 Å². The molecule has 1 amide bonds. The molecule has 0 aromatic carbocycles. The highest BCUT2D eigenvalue weighted by atomic mass is 16.2. The molecule has 2 heterocycles. The normalized spacial score (nSPS) is 17.9. The van der Waals surface area contributed by atoms with Gasteiger partial charge in [-0.3, -0.25) is 9.78 Å². The van der Waals surface area contributed by atoms with Crippen LogP contribution in [-0.4, -0.2) is 35.4 Å². The van der Waals surface area contributed by atoms with E-state index in [1.807, 2.05) is 6.07 Å². The highest BCUT2D eigenvalue weighted by Gasteiger charge is 2.27. The fourth-order valence-corrected chi connectivity index (χ4v) is 1.73. The molecule has 0 spiro atoms. The van der Waals surface area contributed by atoms with E-state index in [4.69, 9.17) is 5.26 Å². The molecule has 1 aliphatic rings. The van der Waals surface area contributed by atoms with Crippen LogP contribution in [0.4, 0.5) is 0 Å². The first-order chi connectivity index (χ1) is 7.83. The summed E-state index contributed by atoms with van der Waals surface area (Å²) >= 11 is 0. The van der Waals surface area contributed by atoms with Crippen LogP contribution in [0, 0.1) is 11.3 Å². The zero-order valence-electron chi connectivity index (χ0n) is 8.76. The van der Waals surface area contributed by atoms with Crippen molar-refractivity contribution < 1.29 is 4.79 Å². The van der Waals surface area contributed by atoms with Crippen LogP contribution < -0.4 is 5.32 Å². The quantitative estimate of drug-likeness (QED) is 0.760. The highest BCUT2D eigenvalue weighted by molar-refractivity contribution is 5.79. The second kappa shape index (κ2) is 4.73. The highest BCUT2D eigenvalue weighted by Crippen LogP contribution is 2.18. The molecule has 0 aliphatic carbocycles. The lowest BCUT2D eigenvalue weighted by molar-refractivity contribution is -0.133. The minimum Gasteiger partial charge on any atom is -0.319 e. The van der Waals surface area contributed by atoms with Crippen molar-refractivity contribution in [3.8, 4) is 6.07 Å². The van der Waals surface area contributed by atoms with E-state index in [2.05, 4.69) is 16.4 Å². The topological polar surface area (TPSA) is 69.0 Å². The molecule has 1 aromatic heterocycles. The summed E-state index contributed by atoms with van der Waals surface area (Å²) in [6, 6.07) is 6.94. The van der Waals surface area contributed by atoms with Crippen LogP contribution in [0.3, 0.4) is 0 Å². The van der Waals surface area contributed by atoms with Gasteiger partial charge in [0.05, 0.1) is 18.3 Å². The fourth-order valence-electron chi connectivity index (χ4n) is 1.73. The number of hydrogen-bond donors (Lipinski definition) is 1. The Morgan fingerprint density at radius 2 is 2.44 bits per heavy atom. The first-order valence-corrected chi connectivity index (χ1v) is 5.13. The van der Waals surface area contributed by atoms with E-state index < -0.39 is 6.04 Å². The number of nitrogens with one attached hydrogen (secondary N) is 1. The number of amides is 1. The molecule has 1 saturated heterocycles. The van der Waals surface area contributed by atoms with Gasteiger partial charge in [0.25, 0.3) is 0 Å². The Labute approximate surface area is 93.7 Å². The van der Waals surface area contributed by atoms with Gasteiger partial charge >= 0.3 is 0 Å². The van der Waals surface area contributed by atoms with Gasteiger partial charge in [-0.1, -0.05) is 6.07 Å². The third-order valence-electron chi connectivity index (χ3n) is 2.53. The minimum absolute atomic E-state index is 0.0524. The predicted octanol–water partition coefficient (Wildman–Crippen LogP) is 0.0781. The molecule has 0 bridgehead atoms. The maximum Gasteiger partial charge on any atom is 0.237 e. The Morgan fingerprint density at radius 1 is 1.56 bits per heavy atom. The van der Waals surface area contributed by atoms with E-state index >= 15 is 0 Å². The van der Waals surface area contributed by atoms with Gasteiger partial charge in [0.1, 0.15) is 0 Å². The van der Waals surface area contributed by atoms with Crippen molar-refractivity contribution in [3.05, 3.63) is 30.1 Å². The van der Waals surface area contributed by atoms with Crippen molar-refractivity contribution in [2.75, 3.05) is 19.6 Å². The number of carbonyl (C=O) groups excluding carboxylic acids is 1. The van der Waals surface area contributed by atoms with Gasteiger partial charge in [-0.05, 0) is 12.1 Å². The van der Waals surface area contributed by atoms with E-state index in [-0.39, 0.29) is 5.91 Å². The first-order valence-electron chi connectivity index (χ1n) is 5.13. The van der Waals surface area contributed by atoms with Gasteiger partial charge < -0.3 is 10.2 Å². The third-order valence-corrected chi connectivity index (χ3v) is 2.53. The van der Waals surface area contributed by atoms with Crippen LogP contribution >= 0.6 is 0 Å². The summed E-state index contributed by atoms with van der Waals surface area (Å²) in [7, 11) is 0. The summed E-state index contributed by atoms with van der Waals surface area (Å²) in [4.78, 5) is 17.3. The first kappa shape index (κ1) is 10.6. The number of nitrogens with zero attached hydrogens (tertiary/aromatic N) is 3. The van der Waals surface area contributed by atoms with Crippen molar-refractivity contribution in [2.45, 2.75) is 6.04 Å². The SMILES string of the molecule is N#CC(c1ccccn1)N1CCNCC1=O. The Morgan fingerprint density at radius 3 is 3.06 bits per heavy atom. The van der Waals surface area contributed by atoms with Crippen molar-refractivity contribution in [3.63, 3.8) is 0 Å². The summed E-state index contributed by atoms with van der Waals surface area (Å²) in [6.45, 7) is 1.56. The summed E-state index contributed by atoms with van der Waals surface area (Å²) in [6.07, 6.45) is 1.63. The second-order valence-electron chi connectivity index (χ2n) is 3.55. The van der Waals surface area contributed by atoms with Crippen LogP contribution in [0.15, 0.2) is 24.4 Å². The van der Waals surface area contributed by atoms with E-state index in [0.717, 1.165) is 6.54 Å². The van der Waals surface area contributed by atoms with Crippen molar-refractivity contribution in [1.82, 2.24) is 15.2 Å². The number of pyridine rings is 1. The molecule has 1 aromatic rings. The number of carbonyl (C=O) groups is 1. The largest absolute Gasteiger partial charge is 0.319 e. The maximum absolute atomic E-state index is 11.7. The molecule has 1 atom stereocenters. The molecule has 1 unspecified atom stereocenters. The van der Waals surface area contributed by atoms with Gasteiger partial charge in [-0.25, -0.2) is 0 Å². The number of hydrogen-bond acceptors (Lipinski definition) is 4. The van der Waals surface area contributed by atoms with Gasteiger partial charge in [0.2, 0.25) is 5.91 Å². The Balaban J connectivity index is 2.23. The molecule has 0 radical (unpaired) electrons. The lowest BCUT2D eigenvalue weighted by Gasteiger charge is -2.30. The molecular formula is C11H12N4O. The number of piperazine rings is 1. The van der Waals surface area contributed by atoms with E-state index in [1.54, 1.807) is 23.2 Å². The summed E-state index contributed by atoms with van der Waals surface area (Å²) in [5.41, 5.74) is 0.625. The molecule has 1 fully saturated rings. The molecule has 5 heteroatoms. The van der Waals surface area contributed by atoms with Crippen LogP contribution in [0.1, 0.15) is 11.7 Å². The summed E-state index contributed by atoms with van der Waals surface area (Å²) < 4.78 is 0. The molecule has 1 aliphatic heterocycles. The zero-order valence-corrected chi connectivity index (χ0v) is 8.76. The van der Waals surface area contributed by atoms with Crippen molar-refractivity contribution in [1.29, 1.82) is 5.26 Å². The summed E-state index contributed by atoms with van der Waals surface area (Å²) in [5.74, 6) is -0.0524. The number of aromatic nitrogens is 1. The standard InChI is InChI=1S/C11H12N4O/c12-7-10(9-3-1-2-4-14-9)15-6-5-13-8-11(15)16/h1-4,10,13H,5-6,8H2. The lowest BCUT2D eigenvalue weighted by atomic mass is 10.1. The molecule has 5 nitrogen and oxygen atoms in total. The Kier molecular flexibility index (Phi) is 3.13. The Bertz CT molecular complexity index is 412. The van der Waals surface area contributed by atoms with Gasteiger partial charge in [0.15, 0.2) is 6.04 Å². The van der Waals surface area contributed by atoms with Crippen molar-refractivity contribution in [2.24, 2.45) is 0 Å². The minimum atomic E-state index is -0.573. The van der Waals surface area contributed by atoms with Crippen LogP contribution in [0.2, 0.25) is 0 Å². The molecule has 0 saturated carbocycles. The smallest absolute Gasteiger partial charge is 0.237 e. The molecule has 1 N–H and O–H groups in total. The zero-order chi connectivity index (χ0) is 11.4. The van der Waals surface area contributed by atoms with Gasteiger partial charge in [0, 0.05) is 19.3 Å². The molecule has 82 valence electrons. The monoisotopic (exact) mass is 216 g/mol. The van der Waals surface area contributed by atoms with Crippen LogP contribution in [0.5, 0.6) is 0 Å². The van der Waals surface area contributed by atoms with Crippen molar-refractivity contribution >= 4 is 5.91 Å². The van der Waals surface area contributed by atoms with Gasteiger partial charge in [-0.15, -0.1) is 0 Å². The molecule has 2 rings (SSSR count). The fraction of sp³-hybridized carbons (Fsp3) is 0.364. The van der Waals surface area contributed by atoms with E-state index in [9.17, 15) is 4.79 Å². The third kappa shape index (κ3) is 2.02. The van der Waals surface area contributed by atoms with Gasteiger partial charge in [-0.2, -0.15) is 5.26 Å².